The molecule has 0 bridgehead atoms. The quantitative estimate of drug-likeness (QED) is 0.789. The minimum Gasteiger partial charge on any atom is -0.480 e. The summed E-state index contributed by atoms with van der Waals surface area (Å²) in [5.74, 6) is 1.59. The largest absolute Gasteiger partial charge is 0.480 e. The summed E-state index contributed by atoms with van der Waals surface area (Å²) >= 11 is 0. The van der Waals surface area contributed by atoms with Crippen LogP contribution in [0.2, 0.25) is 0 Å². The number of hydrogen-bond acceptors (Lipinski definition) is 5. The van der Waals surface area contributed by atoms with Crippen molar-refractivity contribution in [2.45, 2.75) is 0 Å². The third-order valence-corrected chi connectivity index (χ3v) is 2.24. The number of hydrogen-bond donors (Lipinski definition) is 1. The van der Waals surface area contributed by atoms with Gasteiger partial charge in [0.15, 0.2) is 0 Å². The molecule has 0 amide bonds. The predicted molar refractivity (Wildman–Crippen MR) is 66.0 cm³/mol. The van der Waals surface area contributed by atoms with Crippen molar-refractivity contribution >= 4 is 23.0 Å². The number of carboxylic acids is 1. The van der Waals surface area contributed by atoms with E-state index in [1.54, 1.807) is 12.1 Å². The molecule has 2 aromatic rings. The summed E-state index contributed by atoms with van der Waals surface area (Å²) in [5.41, 5.74) is 1.30. The average Bonchev–Trinajstić information content (AvgIpc) is 2.37. The Hall–Kier alpha value is -2.68. The van der Waals surface area contributed by atoms with Crippen LogP contribution in [0.15, 0.2) is 24.3 Å². The highest BCUT2D eigenvalue weighted by molar-refractivity contribution is 5.76. The Labute approximate surface area is 103 Å². The molecule has 0 aliphatic rings. The van der Waals surface area contributed by atoms with Crippen molar-refractivity contribution < 1.29 is 9.90 Å². The molecule has 1 aromatic carbocycles. The number of anilines is 1. The molecule has 18 heavy (non-hydrogen) atoms. The maximum atomic E-state index is 10.7. The predicted octanol–water partition coefficient (Wildman–Crippen LogP) is 0.549. The number of fused-ring (bicyclic) bond motifs is 1. The summed E-state index contributed by atoms with van der Waals surface area (Å²) in [6.45, 7) is -0.142. The molecule has 6 heteroatoms. The number of rotatable bonds is 4. The van der Waals surface area contributed by atoms with Gasteiger partial charge >= 0.3 is 5.97 Å². The zero-order chi connectivity index (χ0) is 13.0. The van der Waals surface area contributed by atoms with Gasteiger partial charge in [-0.1, -0.05) is 18.1 Å². The smallest absolute Gasteiger partial charge is 0.323 e. The summed E-state index contributed by atoms with van der Waals surface area (Å²) in [6, 6.07) is 7.21. The van der Waals surface area contributed by atoms with Crippen LogP contribution in [0.25, 0.3) is 11.0 Å². The van der Waals surface area contributed by atoms with E-state index in [-0.39, 0.29) is 19.0 Å². The Balaban J connectivity index is 2.38. The first kappa shape index (κ1) is 11.8. The fraction of sp³-hybridized carbons (Fsp3) is 0.167. The zero-order valence-corrected chi connectivity index (χ0v) is 9.45. The molecule has 0 unspecified atom stereocenters. The normalized spacial score (nSPS) is 9.94. The molecule has 6 nitrogen and oxygen atoms in total. The van der Waals surface area contributed by atoms with Crippen LogP contribution in [0.3, 0.4) is 0 Å². The zero-order valence-electron chi connectivity index (χ0n) is 9.45. The Morgan fingerprint density at radius 2 is 2.06 bits per heavy atom. The molecule has 0 saturated heterocycles. The Morgan fingerprint density at radius 1 is 1.33 bits per heavy atom. The van der Waals surface area contributed by atoms with Crippen LogP contribution in [0.5, 0.6) is 0 Å². The van der Waals surface area contributed by atoms with Crippen LogP contribution >= 0.6 is 0 Å². The summed E-state index contributed by atoms with van der Waals surface area (Å²) in [4.78, 5) is 16.4. The molecule has 0 radical (unpaired) electrons. The number of terminal acetylenes is 1. The molecule has 2 rings (SSSR count). The van der Waals surface area contributed by atoms with Crippen LogP contribution in [0, 0.1) is 12.3 Å². The minimum absolute atomic E-state index is 0.117. The average molecular weight is 242 g/mol. The topological polar surface area (TPSA) is 79.2 Å². The molecule has 1 aromatic heterocycles. The van der Waals surface area contributed by atoms with Crippen LogP contribution in [-0.2, 0) is 4.79 Å². The second kappa shape index (κ2) is 5.10. The number of carboxylic acid groups (broad SMARTS) is 1. The third kappa shape index (κ3) is 2.52. The molecule has 0 atom stereocenters. The standard InChI is InChI=1S/C12H10N4O2/c1-2-7-16(8-11(17)18)12-13-9-5-3-4-6-10(9)14-15-12/h1,3-6H,7-8H2,(H,17,18). The first-order valence-electron chi connectivity index (χ1n) is 5.20. The molecule has 0 aliphatic carbocycles. The second-order valence-corrected chi connectivity index (χ2v) is 3.55. The first-order valence-corrected chi connectivity index (χ1v) is 5.20. The van der Waals surface area contributed by atoms with Gasteiger partial charge in [0.1, 0.15) is 12.1 Å². The lowest BCUT2D eigenvalue weighted by Gasteiger charge is -2.16. The summed E-state index contributed by atoms with van der Waals surface area (Å²) in [7, 11) is 0. The Kier molecular flexibility index (Phi) is 3.34. The maximum absolute atomic E-state index is 10.7. The van der Waals surface area contributed by atoms with Crippen LogP contribution in [0.1, 0.15) is 0 Å². The molecular weight excluding hydrogens is 232 g/mol. The van der Waals surface area contributed by atoms with Gasteiger partial charge in [0.25, 0.3) is 0 Å². The molecular formula is C12H10N4O2. The molecule has 1 heterocycles. The number of aliphatic carboxylic acids is 1. The fourth-order valence-electron chi connectivity index (χ4n) is 1.48. The van der Waals surface area contributed by atoms with Crippen LogP contribution < -0.4 is 4.90 Å². The number of nitrogens with zero attached hydrogens (tertiary/aromatic N) is 4. The van der Waals surface area contributed by atoms with Gasteiger partial charge in [-0.2, -0.15) is 0 Å². The molecule has 0 spiro atoms. The van der Waals surface area contributed by atoms with Crippen molar-refractivity contribution in [3.05, 3.63) is 24.3 Å². The van der Waals surface area contributed by atoms with E-state index < -0.39 is 5.97 Å². The van der Waals surface area contributed by atoms with Crippen LogP contribution in [-0.4, -0.2) is 39.3 Å². The highest BCUT2D eigenvalue weighted by atomic mass is 16.4. The van der Waals surface area contributed by atoms with Crippen molar-refractivity contribution in [3.63, 3.8) is 0 Å². The maximum Gasteiger partial charge on any atom is 0.323 e. The van der Waals surface area contributed by atoms with E-state index in [9.17, 15) is 4.79 Å². The van der Waals surface area contributed by atoms with Gasteiger partial charge in [-0.05, 0) is 12.1 Å². The summed E-state index contributed by atoms with van der Waals surface area (Å²) in [5, 5.41) is 16.7. The van der Waals surface area contributed by atoms with Gasteiger partial charge in [0.05, 0.1) is 12.1 Å². The van der Waals surface area contributed by atoms with Gasteiger partial charge in [-0.15, -0.1) is 16.6 Å². The van der Waals surface area contributed by atoms with E-state index in [0.29, 0.717) is 11.0 Å². The van der Waals surface area contributed by atoms with Gasteiger partial charge in [0, 0.05) is 0 Å². The van der Waals surface area contributed by atoms with Crippen LogP contribution in [0.4, 0.5) is 5.95 Å². The van der Waals surface area contributed by atoms with E-state index in [4.69, 9.17) is 11.5 Å². The highest BCUT2D eigenvalue weighted by Crippen LogP contribution is 2.11. The van der Waals surface area contributed by atoms with Gasteiger partial charge < -0.3 is 10.0 Å². The van der Waals surface area contributed by atoms with Crippen molar-refractivity contribution in [3.8, 4) is 12.3 Å². The van der Waals surface area contributed by atoms with Crippen molar-refractivity contribution in [1.29, 1.82) is 0 Å². The summed E-state index contributed by atoms with van der Waals surface area (Å²) in [6.07, 6.45) is 5.19. The first-order chi connectivity index (χ1) is 8.70. The number of aromatic nitrogens is 3. The highest BCUT2D eigenvalue weighted by Gasteiger charge is 2.13. The van der Waals surface area contributed by atoms with E-state index >= 15 is 0 Å². The van der Waals surface area contributed by atoms with Crippen molar-refractivity contribution in [2.75, 3.05) is 18.0 Å². The minimum atomic E-state index is -0.998. The second-order valence-electron chi connectivity index (χ2n) is 3.55. The summed E-state index contributed by atoms with van der Waals surface area (Å²) < 4.78 is 0. The fourth-order valence-corrected chi connectivity index (χ4v) is 1.48. The van der Waals surface area contributed by atoms with Crippen molar-refractivity contribution in [1.82, 2.24) is 15.2 Å². The molecule has 1 N–H and O–H groups in total. The monoisotopic (exact) mass is 242 g/mol. The number of benzene rings is 1. The molecule has 0 aliphatic heterocycles. The lowest BCUT2D eigenvalue weighted by Crippen LogP contribution is -2.31. The Morgan fingerprint density at radius 3 is 2.72 bits per heavy atom. The lowest BCUT2D eigenvalue weighted by atomic mass is 10.3. The van der Waals surface area contributed by atoms with Gasteiger partial charge in [-0.25, -0.2) is 4.98 Å². The van der Waals surface area contributed by atoms with E-state index in [0.717, 1.165) is 0 Å². The van der Waals surface area contributed by atoms with E-state index in [1.807, 2.05) is 12.1 Å². The molecule has 90 valence electrons. The third-order valence-electron chi connectivity index (χ3n) is 2.24. The molecule has 0 fully saturated rings. The van der Waals surface area contributed by atoms with Gasteiger partial charge in [0.2, 0.25) is 5.95 Å². The van der Waals surface area contributed by atoms with Crippen molar-refractivity contribution in [2.24, 2.45) is 0 Å². The van der Waals surface area contributed by atoms with E-state index in [1.165, 1.54) is 4.90 Å². The SMILES string of the molecule is C#CCN(CC(=O)O)c1nnc2ccccc2n1. The van der Waals surface area contributed by atoms with E-state index in [2.05, 4.69) is 21.1 Å². The lowest BCUT2D eigenvalue weighted by molar-refractivity contribution is -0.135. The number of para-hydroxylation sites is 1. The molecule has 0 saturated carbocycles. The van der Waals surface area contributed by atoms with Gasteiger partial charge in [-0.3, -0.25) is 4.79 Å². The number of carbonyl (C=O) groups is 1. The Bertz CT molecular complexity index is 621.